The Morgan fingerprint density at radius 1 is 1.09 bits per heavy atom. The largest absolute Gasteiger partial charge is 0.491 e. The van der Waals surface area contributed by atoms with Gasteiger partial charge in [-0.1, -0.05) is 42.5 Å². The summed E-state index contributed by atoms with van der Waals surface area (Å²) in [5.41, 5.74) is 3.60. The van der Waals surface area contributed by atoms with Gasteiger partial charge < -0.3 is 10.1 Å². The summed E-state index contributed by atoms with van der Waals surface area (Å²) in [7, 11) is 0. The first-order valence-corrected chi connectivity index (χ1v) is 8.89. The number of carbonyl (C=O) groups is 1. The Bertz CT molecular complexity index is 629. The topological polar surface area (TPSA) is 38.3 Å². The molecule has 0 saturated heterocycles. The molecule has 3 nitrogen and oxygen atoms in total. The van der Waals surface area contributed by atoms with Crippen molar-refractivity contribution >= 4 is 17.7 Å². The lowest BCUT2D eigenvalue weighted by molar-refractivity contribution is -0.118. The van der Waals surface area contributed by atoms with Crippen LogP contribution >= 0.6 is 11.8 Å². The molecule has 0 radical (unpaired) electrons. The number of ether oxygens (including phenoxy) is 1. The predicted molar refractivity (Wildman–Crippen MR) is 97.0 cm³/mol. The van der Waals surface area contributed by atoms with Crippen LogP contribution in [0.15, 0.2) is 48.5 Å². The molecule has 1 N–H and O–H groups in total. The number of carbonyl (C=O) groups excluding carboxylic acids is 1. The summed E-state index contributed by atoms with van der Waals surface area (Å²) < 4.78 is 5.72. The second-order valence-corrected chi connectivity index (χ2v) is 6.36. The third kappa shape index (κ3) is 5.99. The molecule has 0 unspecified atom stereocenters. The molecule has 122 valence electrons. The Hall–Kier alpha value is -1.94. The van der Waals surface area contributed by atoms with E-state index >= 15 is 0 Å². The van der Waals surface area contributed by atoms with E-state index in [2.05, 4.69) is 30.4 Å². The number of aryl methyl sites for hydroxylation is 1. The fourth-order valence-electron chi connectivity index (χ4n) is 2.12. The Balaban J connectivity index is 1.60. The van der Waals surface area contributed by atoms with Crippen molar-refractivity contribution in [3.63, 3.8) is 0 Å². The summed E-state index contributed by atoms with van der Waals surface area (Å²) in [6, 6.07) is 16.2. The van der Waals surface area contributed by atoms with Crippen LogP contribution in [0.4, 0.5) is 0 Å². The first kappa shape index (κ1) is 17.4. The molecule has 0 aromatic heterocycles. The first-order chi connectivity index (χ1) is 11.2. The van der Waals surface area contributed by atoms with Crippen molar-refractivity contribution in [3.05, 3.63) is 65.2 Å². The molecule has 4 heteroatoms. The minimum Gasteiger partial charge on any atom is -0.491 e. The second kappa shape index (κ2) is 9.26. The molecular weight excluding hydrogens is 306 g/mol. The van der Waals surface area contributed by atoms with Crippen LogP contribution in [0.2, 0.25) is 0 Å². The molecule has 0 aliphatic carbocycles. The first-order valence-electron chi connectivity index (χ1n) is 7.74. The zero-order chi connectivity index (χ0) is 16.5. The molecule has 23 heavy (non-hydrogen) atoms. The van der Waals surface area contributed by atoms with Gasteiger partial charge in [-0.25, -0.2) is 0 Å². The smallest absolute Gasteiger partial charge is 0.230 e. The van der Waals surface area contributed by atoms with E-state index < -0.39 is 0 Å². The maximum absolute atomic E-state index is 11.8. The molecule has 2 rings (SSSR count). The highest BCUT2D eigenvalue weighted by Crippen LogP contribution is 2.20. The zero-order valence-electron chi connectivity index (χ0n) is 13.7. The maximum Gasteiger partial charge on any atom is 0.230 e. The highest BCUT2D eigenvalue weighted by molar-refractivity contribution is 7.99. The number of rotatable bonds is 8. The average molecular weight is 329 g/mol. The number of nitrogens with one attached hydrogen (secondary N) is 1. The molecule has 0 aliphatic rings. The lowest BCUT2D eigenvalue weighted by Crippen LogP contribution is -2.29. The molecular formula is C19H23NO2S. The van der Waals surface area contributed by atoms with Gasteiger partial charge in [0.25, 0.3) is 0 Å². The lowest BCUT2D eigenvalue weighted by Gasteiger charge is -2.11. The third-order valence-electron chi connectivity index (χ3n) is 3.58. The molecule has 0 saturated carbocycles. The van der Waals surface area contributed by atoms with Crippen molar-refractivity contribution in [2.45, 2.75) is 19.6 Å². The predicted octanol–water partition coefficient (Wildman–Crippen LogP) is 3.73. The maximum atomic E-state index is 11.8. The van der Waals surface area contributed by atoms with Crippen molar-refractivity contribution in [1.82, 2.24) is 5.32 Å². The van der Waals surface area contributed by atoms with Gasteiger partial charge in [-0.2, -0.15) is 0 Å². The van der Waals surface area contributed by atoms with Crippen LogP contribution in [-0.4, -0.2) is 24.8 Å². The monoisotopic (exact) mass is 329 g/mol. The van der Waals surface area contributed by atoms with E-state index in [1.807, 2.05) is 37.3 Å². The van der Waals surface area contributed by atoms with Crippen molar-refractivity contribution in [3.8, 4) is 5.75 Å². The molecule has 1 amide bonds. The van der Waals surface area contributed by atoms with Gasteiger partial charge in [0.15, 0.2) is 0 Å². The summed E-state index contributed by atoms with van der Waals surface area (Å²) in [6.07, 6.45) is 0. The molecule has 0 bridgehead atoms. The van der Waals surface area contributed by atoms with Crippen LogP contribution in [0.25, 0.3) is 0 Å². The van der Waals surface area contributed by atoms with Gasteiger partial charge in [-0.05, 0) is 36.6 Å². The third-order valence-corrected chi connectivity index (χ3v) is 4.59. The van der Waals surface area contributed by atoms with E-state index in [1.54, 1.807) is 11.8 Å². The summed E-state index contributed by atoms with van der Waals surface area (Å²) in [6.45, 7) is 5.12. The summed E-state index contributed by atoms with van der Waals surface area (Å²) >= 11 is 1.62. The van der Waals surface area contributed by atoms with Gasteiger partial charge in [0, 0.05) is 5.75 Å². The van der Waals surface area contributed by atoms with Gasteiger partial charge in [-0.3, -0.25) is 4.79 Å². The Morgan fingerprint density at radius 2 is 1.87 bits per heavy atom. The number of hydrogen-bond acceptors (Lipinski definition) is 3. The van der Waals surface area contributed by atoms with Crippen LogP contribution in [0.1, 0.15) is 16.7 Å². The van der Waals surface area contributed by atoms with Crippen molar-refractivity contribution in [2.75, 3.05) is 18.9 Å². The summed E-state index contributed by atoms with van der Waals surface area (Å²) in [5, 5.41) is 2.89. The van der Waals surface area contributed by atoms with Gasteiger partial charge in [0.2, 0.25) is 5.91 Å². The molecule has 0 fully saturated rings. The van der Waals surface area contributed by atoms with Crippen molar-refractivity contribution in [1.29, 1.82) is 0 Å². The highest BCUT2D eigenvalue weighted by atomic mass is 32.2. The minimum absolute atomic E-state index is 0.0514. The lowest BCUT2D eigenvalue weighted by atomic mass is 10.1. The van der Waals surface area contributed by atoms with Crippen LogP contribution in [0, 0.1) is 13.8 Å². The van der Waals surface area contributed by atoms with Crippen molar-refractivity contribution in [2.24, 2.45) is 0 Å². The van der Waals surface area contributed by atoms with Crippen molar-refractivity contribution < 1.29 is 9.53 Å². The summed E-state index contributed by atoms with van der Waals surface area (Å²) in [5.74, 6) is 2.26. The molecule has 0 spiro atoms. The Labute approximate surface area is 142 Å². The quantitative estimate of drug-likeness (QED) is 0.750. The molecule has 0 heterocycles. The number of benzene rings is 2. The molecule has 2 aromatic carbocycles. The second-order valence-electron chi connectivity index (χ2n) is 5.37. The highest BCUT2D eigenvalue weighted by Gasteiger charge is 2.03. The summed E-state index contributed by atoms with van der Waals surface area (Å²) in [4.78, 5) is 11.8. The van der Waals surface area contributed by atoms with Crippen LogP contribution < -0.4 is 10.1 Å². The Morgan fingerprint density at radius 3 is 2.65 bits per heavy atom. The molecule has 0 atom stereocenters. The van der Waals surface area contributed by atoms with E-state index in [9.17, 15) is 4.79 Å². The van der Waals surface area contributed by atoms with E-state index in [-0.39, 0.29) is 5.91 Å². The van der Waals surface area contributed by atoms with E-state index in [0.717, 1.165) is 17.1 Å². The van der Waals surface area contributed by atoms with Crippen LogP contribution in [-0.2, 0) is 10.5 Å². The van der Waals surface area contributed by atoms with Gasteiger partial charge >= 0.3 is 0 Å². The van der Waals surface area contributed by atoms with E-state index in [0.29, 0.717) is 18.9 Å². The Kier molecular flexibility index (Phi) is 7.01. The normalized spacial score (nSPS) is 10.3. The van der Waals surface area contributed by atoms with Crippen LogP contribution in [0.3, 0.4) is 0 Å². The fourth-order valence-corrected chi connectivity index (χ4v) is 2.94. The van der Waals surface area contributed by atoms with E-state index in [4.69, 9.17) is 4.74 Å². The molecule has 2 aromatic rings. The van der Waals surface area contributed by atoms with Crippen LogP contribution in [0.5, 0.6) is 5.75 Å². The number of hydrogen-bond donors (Lipinski definition) is 1. The zero-order valence-corrected chi connectivity index (χ0v) is 14.5. The number of amides is 1. The van der Waals surface area contributed by atoms with Gasteiger partial charge in [0.1, 0.15) is 12.4 Å². The fraction of sp³-hybridized carbons (Fsp3) is 0.316. The van der Waals surface area contributed by atoms with E-state index in [1.165, 1.54) is 11.1 Å². The molecule has 0 aliphatic heterocycles. The number of thioether (sulfide) groups is 1. The SMILES string of the molecule is Cc1cccc(OCCNC(=O)CSCc2ccccc2)c1C. The van der Waals surface area contributed by atoms with Gasteiger partial charge in [0.05, 0.1) is 12.3 Å². The van der Waals surface area contributed by atoms with Gasteiger partial charge in [-0.15, -0.1) is 11.8 Å². The average Bonchev–Trinajstić information content (AvgIpc) is 2.56. The standard InChI is InChI=1S/C19H23NO2S/c1-15-7-6-10-18(16(15)2)22-12-11-20-19(21)14-23-13-17-8-4-3-5-9-17/h3-10H,11-14H2,1-2H3,(H,20,21). The minimum atomic E-state index is 0.0514.